The van der Waals surface area contributed by atoms with Crippen LogP contribution in [0.4, 0.5) is 5.82 Å². The van der Waals surface area contributed by atoms with Gasteiger partial charge in [-0.1, -0.05) is 18.0 Å². The standard InChI is InChI=1S/C15H19N7O/c1-10-8-13(22-15(18-10)16-9-17-22)21-7-5-3-4-6-12(21)14-19-11(2)23-20-14/h8-9,12H,3-7H2,1-2H3. The van der Waals surface area contributed by atoms with Crippen LogP contribution in [0, 0.1) is 13.8 Å². The molecular formula is C15H19N7O. The van der Waals surface area contributed by atoms with Crippen LogP contribution in [0.1, 0.15) is 49.1 Å². The molecule has 1 aliphatic heterocycles. The van der Waals surface area contributed by atoms with Crippen molar-refractivity contribution in [2.24, 2.45) is 0 Å². The van der Waals surface area contributed by atoms with Crippen molar-refractivity contribution in [3.8, 4) is 0 Å². The quantitative estimate of drug-likeness (QED) is 0.717. The lowest BCUT2D eigenvalue weighted by Crippen LogP contribution is -2.31. The van der Waals surface area contributed by atoms with Gasteiger partial charge in [-0.15, -0.1) is 0 Å². The zero-order chi connectivity index (χ0) is 15.8. The van der Waals surface area contributed by atoms with Gasteiger partial charge in [0.05, 0.1) is 6.04 Å². The summed E-state index contributed by atoms with van der Waals surface area (Å²) in [6.07, 6.45) is 6.02. The molecule has 3 aromatic heterocycles. The molecule has 0 saturated carbocycles. The molecule has 1 atom stereocenters. The van der Waals surface area contributed by atoms with Crippen molar-refractivity contribution in [3.05, 3.63) is 29.8 Å². The highest BCUT2D eigenvalue weighted by molar-refractivity contribution is 5.48. The monoisotopic (exact) mass is 313 g/mol. The van der Waals surface area contributed by atoms with Crippen LogP contribution < -0.4 is 4.90 Å². The fourth-order valence-corrected chi connectivity index (χ4v) is 3.22. The van der Waals surface area contributed by atoms with Crippen molar-refractivity contribution in [1.82, 2.24) is 29.7 Å². The van der Waals surface area contributed by atoms with Crippen molar-refractivity contribution in [3.63, 3.8) is 0 Å². The number of fused-ring (bicyclic) bond motifs is 1. The molecule has 0 aromatic carbocycles. The van der Waals surface area contributed by atoms with Gasteiger partial charge in [-0.25, -0.2) is 4.98 Å². The first-order valence-corrected chi connectivity index (χ1v) is 7.96. The SMILES string of the molecule is Cc1cc(N2CCCCCC2c2noc(C)n2)n2ncnc2n1. The second-order valence-electron chi connectivity index (χ2n) is 5.96. The van der Waals surface area contributed by atoms with E-state index in [-0.39, 0.29) is 6.04 Å². The first-order chi connectivity index (χ1) is 11.2. The molecule has 120 valence electrons. The van der Waals surface area contributed by atoms with Crippen LogP contribution in [0.15, 0.2) is 16.9 Å². The van der Waals surface area contributed by atoms with E-state index in [2.05, 4.69) is 30.1 Å². The van der Waals surface area contributed by atoms with E-state index in [1.165, 1.54) is 12.7 Å². The van der Waals surface area contributed by atoms with Crippen molar-refractivity contribution >= 4 is 11.6 Å². The Balaban J connectivity index is 1.83. The second-order valence-corrected chi connectivity index (χ2v) is 5.96. The Hall–Kier alpha value is -2.51. The van der Waals surface area contributed by atoms with E-state index in [9.17, 15) is 0 Å². The van der Waals surface area contributed by atoms with Crippen LogP contribution in [-0.2, 0) is 0 Å². The zero-order valence-corrected chi connectivity index (χ0v) is 13.3. The first-order valence-electron chi connectivity index (χ1n) is 7.96. The van der Waals surface area contributed by atoms with E-state index >= 15 is 0 Å². The number of hydrogen-bond acceptors (Lipinski definition) is 7. The van der Waals surface area contributed by atoms with Crippen LogP contribution in [0.2, 0.25) is 0 Å². The molecule has 4 heterocycles. The molecule has 0 N–H and O–H groups in total. The zero-order valence-electron chi connectivity index (χ0n) is 13.3. The number of hydrogen-bond donors (Lipinski definition) is 0. The summed E-state index contributed by atoms with van der Waals surface area (Å²) in [6, 6.07) is 2.14. The molecule has 8 heteroatoms. The van der Waals surface area contributed by atoms with Gasteiger partial charge >= 0.3 is 0 Å². The summed E-state index contributed by atoms with van der Waals surface area (Å²) in [5, 5.41) is 8.49. The summed E-state index contributed by atoms with van der Waals surface area (Å²) in [6.45, 7) is 4.73. The molecule has 1 fully saturated rings. The largest absolute Gasteiger partial charge is 0.346 e. The Morgan fingerprint density at radius 1 is 1.17 bits per heavy atom. The Kier molecular flexibility index (Phi) is 3.44. The molecule has 3 aromatic rings. The van der Waals surface area contributed by atoms with E-state index in [1.54, 1.807) is 4.52 Å². The van der Waals surface area contributed by atoms with E-state index in [4.69, 9.17) is 4.52 Å². The minimum atomic E-state index is 0.0872. The molecule has 0 aliphatic carbocycles. The predicted octanol–water partition coefficient (Wildman–Crippen LogP) is 2.25. The maximum Gasteiger partial charge on any atom is 0.254 e. The lowest BCUT2D eigenvalue weighted by atomic mass is 10.1. The molecule has 8 nitrogen and oxygen atoms in total. The fourth-order valence-electron chi connectivity index (χ4n) is 3.22. The van der Waals surface area contributed by atoms with Gasteiger partial charge in [0.15, 0.2) is 5.82 Å². The van der Waals surface area contributed by atoms with Crippen molar-refractivity contribution in [2.75, 3.05) is 11.4 Å². The summed E-state index contributed by atoms with van der Waals surface area (Å²) in [5.41, 5.74) is 0.924. The normalized spacial score (nSPS) is 19.2. The maximum absolute atomic E-state index is 5.20. The van der Waals surface area contributed by atoms with Crippen LogP contribution in [0.25, 0.3) is 5.78 Å². The molecule has 0 bridgehead atoms. The molecule has 1 unspecified atom stereocenters. The van der Waals surface area contributed by atoms with Gasteiger partial charge in [0.2, 0.25) is 5.89 Å². The van der Waals surface area contributed by atoms with Gasteiger partial charge in [0, 0.05) is 25.2 Å². The lowest BCUT2D eigenvalue weighted by Gasteiger charge is -2.29. The highest BCUT2D eigenvalue weighted by Crippen LogP contribution is 2.33. The third-order valence-corrected chi connectivity index (χ3v) is 4.25. The summed E-state index contributed by atoms with van der Waals surface area (Å²) >= 11 is 0. The van der Waals surface area contributed by atoms with Gasteiger partial charge in [0.1, 0.15) is 12.1 Å². The van der Waals surface area contributed by atoms with E-state index in [1.807, 2.05) is 19.9 Å². The molecule has 23 heavy (non-hydrogen) atoms. The molecule has 1 saturated heterocycles. The third kappa shape index (κ3) is 2.54. The van der Waals surface area contributed by atoms with Crippen LogP contribution in [0.3, 0.4) is 0 Å². The lowest BCUT2D eigenvalue weighted by molar-refractivity contribution is 0.380. The number of rotatable bonds is 2. The predicted molar refractivity (Wildman–Crippen MR) is 83.1 cm³/mol. The van der Waals surface area contributed by atoms with E-state index in [0.29, 0.717) is 11.7 Å². The van der Waals surface area contributed by atoms with Crippen molar-refractivity contribution in [2.45, 2.75) is 45.6 Å². The van der Waals surface area contributed by atoms with Crippen LogP contribution >= 0.6 is 0 Å². The summed E-state index contributed by atoms with van der Waals surface area (Å²) < 4.78 is 6.99. The molecule has 1 aliphatic rings. The highest BCUT2D eigenvalue weighted by Gasteiger charge is 2.29. The Labute approximate surface area is 133 Å². The van der Waals surface area contributed by atoms with Gasteiger partial charge in [-0.05, 0) is 19.8 Å². The average molecular weight is 313 g/mol. The van der Waals surface area contributed by atoms with Crippen LogP contribution in [0.5, 0.6) is 0 Å². The van der Waals surface area contributed by atoms with Crippen molar-refractivity contribution < 1.29 is 4.52 Å². The summed E-state index contributed by atoms with van der Waals surface area (Å²) in [5.74, 6) is 2.94. The van der Waals surface area contributed by atoms with Crippen molar-refractivity contribution in [1.29, 1.82) is 0 Å². The Morgan fingerprint density at radius 2 is 2.09 bits per heavy atom. The third-order valence-electron chi connectivity index (χ3n) is 4.25. The molecule has 4 rings (SSSR count). The minimum absolute atomic E-state index is 0.0872. The number of nitrogens with zero attached hydrogens (tertiary/aromatic N) is 7. The molecular weight excluding hydrogens is 294 g/mol. The summed E-state index contributed by atoms with van der Waals surface area (Å²) in [4.78, 5) is 15.4. The minimum Gasteiger partial charge on any atom is -0.346 e. The average Bonchev–Trinajstić information content (AvgIpc) is 3.09. The van der Waals surface area contributed by atoms with E-state index < -0.39 is 0 Å². The van der Waals surface area contributed by atoms with Gasteiger partial charge < -0.3 is 9.42 Å². The second kappa shape index (κ2) is 5.60. The summed E-state index contributed by atoms with van der Waals surface area (Å²) in [7, 11) is 0. The fraction of sp³-hybridized carbons (Fsp3) is 0.533. The topological polar surface area (TPSA) is 85.2 Å². The highest BCUT2D eigenvalue weighted by atomic mass is 16.5. The number of aryl methyl sites for hydroxylation is 2. The molecule has 0 radical (unpaired) electrons. The molecule has 0 amide bonds. The van der Waals surface area contributed by atoms with Gasteiger partial charge in [0.25, 0.3) is 5.78 Å². The molecule has 0 spiro atoms. The van der Waals surface area contributed by atoms with Crippen LogP contribution in [-0.4, -0.2) is 36.3 Å². The Morgan fingerprint density at radius 3 is 2.91 bits per heavy atom. The maximum atomic E-state index is 5.20. The van der Waals surface area contributed by atoms with Gasteiger partial charge in [-0.3, -0.25) is 0 Å². The van der Waals surface area contributed by atoms with E-state index in [0.717, 1.165) is 43.1 Å². The smallest absolute Gasteiger partial charge is 0.254 e. The Bertz CT molecular complexity index is 824. The number of anilines is 1. The number of aromatic nitrogens is 6. The van der Waals surface area contributed by atoms with Gasteiger partial charge in [-0.2, -0.15) is 19.6 Å². The first kappa shape index (κ1) is 14.1.